The highest BCUT2D eigenvalue weighted by Crippen LogP contribution is 2.23. The van der Waals surface area contributed by atoms with Gasteiger partial charge in [-0.3, -0.25) is 4.79 Å². The first-order valence-corrected chi connectivity index (χ1v) is 12.2. The van der Waals surface area contributed by atoms with E-state index in [1.807, 2.05) is 43.3 Å². The molecule has 188 valence electrons. The molecular weight excluding hydrogens is 478 g/mol. The van der Waals surface area contributed by atoms with Crippen LogP contribution >= 0.6 is 11.6 Å². The average Bonchev–Trinajstić information content (AvgIpc) is 3.30. The molecule has 36 heavy (non-hydrogen) atoms. The van der Waals surface area contributed by atoms with Gasteiger partial charge >= 0.3 is 0 Å². The van der Waals surface area contributed by atoms with E-state index in [1.165, 1.54) is 6.07 Å². The smallest absolute Gasteiger partial charge is 0.267 e. The van der Waals surface area contributed by atoms with Crippen molar-refractivity contribution in [1.29, 1.82) is 0 Å². The van der Waals surface area contributed by atoms with E-state index in [0.717, 1.165) is 28.5 Å². The van der Waals surface area contributed by atoms with Gasteiger partial charge in [0.15, 0.2) is 0 Å². The molecule has 0 bridgehead atoms. The Hall–Kier alpha value is -3.36. The van der Waals surface area contributed by atoms with E-state index in [4.69, 9.17) is 11.6 Å². The third kappa shape index (κ3) is 6.25. The van der Waals surface area contributed by atoms with Gasteiger partial charge in [-0.1, -0.05) is 41.9 Å². The molecule has 2 unspecified atom stereocenters. The second-order valence-electron chi connectivity index (χ2n) is 8.95. The van der Waals surface area contributed by atoms with Crippen LogP contribution in [0.4, 0.5) is 0 Å². The Morgan fingerprint density at radius 2 is 1.86 bits per heavy atom. The van der Waals surface area contributed by atoms with Crippen molar-refractivity contribution in [3.05, 3.63) is 99.7 Å². The number of halogens is 1. The van der Waals surface area contributed by atoms with E-state index in [9.17, 15) is 20.1 Å². The van der Waals surface area contributed by atoms with Crippen LogP contribution in [0.2, 0.25) is 5.02 Å². The lowest BCUT2D eigenvalue weighted by molar-refractivity contribution is 0.0946. The molecule has 2 atom stereocenters. The van der Waals surface area contributed by atoms with Gasteiger partial charge in [-0.15, -0.1) is 0 Å². The lowest BCUT2D eigenvalue weighted by Gasteiger charge is -2.18. The van der Waals surface area contributed by atoms with Crippen LogP contribution in [0.25, 0.3) is 10.9 Å². The predicted molar refractivity (Wildman–Crippen MR) is 141 cm³/mol. The van der Waals surface area contributed by atoms with Crippen LogP contribution in [0.5, 0.6) is 5.75 Å². The van der Waals surface area contributed by atoms with Crippen LogP contribution in [0.1, 0.15) is 45.8 Å². The van der Waals surface area contributed by atoms with Crippen molar-refractivity contribution in [3.63, 3.8) is 0 Å². The lowest BCUT2D eigenvalue weighted by atomic mass is 10.0. The molecule has 4 rings (SSSR count). The van der Waals surface area contributed by atoms with Crippen LogP contribution < -0.4 is 10.6 Å². The van der Waals surface area contributed by atoms with Crippen LogP contribution in [-0.2, 0) is 19.6 Å². The van der Waals surface area contributed by atoms with Crippen LogP contribution in [0.3, 0.4) is 0 Å². The standard InChI is InChI=1S/C28H30ClN3O4/c1-17(30-15-27(35)19-7-9-26(34)22(12-19)16-33)10-18-6-8-24-21(11-18)13-25(32-24)28(36)31-14-20-4-2-3-5-23(20)29/h2-9,11-13,17,27,30,32-35H,10,14-16H2,1H3,(H,31,36). The Bertz CT molecular complexity index is 1350. The summed E-state index contributed by atoms with van der Waals surface area (Å²) in [5, 5.41) is 37.3. The summed E-state index contributed by atoms with van der Waals surface area (Å²) in [6.07, 6.45) is -0.0309. The minimum atomic E-state index is -0.766. The van der Waals surface area contributed by atoms with Gasteiger partial charge in [-0.2, -0.15) is 0 Å². The summed E-state index contributed by atoms with van der Waals surface area (Å²) in [7, 11) is 0. The fourth-order valence-corrected chi connectivity index (χ4v) is 4.34. The molecule has 0 aliphatic heterocycles. The quantitative estimate of drug-likeness (QED) is 0.192. The number of aliphatic hydroxyl groups is 2. The summed E-state index contributed by atoms with van der Waals surface area (Å²) < 4.78 is 0. The van der Waals surface area contributed by atoms with Crippen LogP contribution in [-0.4, -0.2) is 38.8 Å². The number of hydrogen-bond donors (Lipinski definition) is 6. The molecule has 0 radical (unpaired) electrons. The molecule has 7 nitrogen and oxygen atoms in total. The van der Waals surface area contributed by atoms with Gasteiger partial charge in [-0.05, 0) is 66.4 Å². The van der Waals surface area contributed by atoms with Crippen molar-refractivity contribution in [2.75, 3.05) is 6.54 Å². The summed E-state index contributed by atoms with van der Waals surface area (Å²) in [5.74, 6) is -0.188. The zero-order valence-corrected chi connectivity index (χ0v) is 20.7. The zero-order valence-electron chi connectivity index (χ0n) is 20.0. The SMILES string of the molecule is CC(Cc1ccc2[nH]c(C(=O)NCc3ccccc3Cl)cc2c1)NCC(O)c1ccc(O)c(CO)c1. The number of H-pyrrole nitrogens is 1. The second kappa shape index (κ2) is 11.6. The fourth-order valence-electron chi connectivity index (χ4n) is 4.14. The zero-order chi connectivity index (χ0) is 25.7. The van der Waals surface area contributed by atoms with E-state index in [0.29, 0.717) is 34.9 Å². The molecule has 0 saturated carbocycles. The molecule has 0 saturated heterocycles. The van der Waals surface area contributed by atoms with E-state index in [1.54, 1.807) is 18.2 Å². The number of fused-ring (bicyclic) bond motifs is 1. The first kappa shape index (κ1) is 25.7. The first-order chi connectivity index (χ1) is 17.3. The highest BCUT2D eigenvalue weighted by molar-refractivity contribution is 6.31. The fraction of sp³-hybridized carbons (Fsp3) is 0.250. The van der Waals surface area contributed by atoms with E-state index in [2.05, 4.69) is 21.7 Å². The summed E-state index contributed by atoms with van der Waals surface area (Å²) in [6.45, 7) is 2.43. The molecule has 1 aromatic heterocycles. The molecule has 0 spiro atoms. The summed E-state index contributed by atoms with van der Waals surface area (Å²) in [6, 6.07) is 20.1. The van der Waals surface area contributed by atoms with Gasteiger partial charge < -0.3 is 30.9 Å². The maximum Gasteiger partial charge on any atom is 0.267 e. The number of hydrogen-bond acceptors (Lipinski definition) is 5. The molecule has 0 fully saturated rings. The second-order valence-corrected chi connectivity index (χ2v) is 9.36. The third-order valence-electron chi connectivity index (χ3n) is 6.19. The van der Waals surface area contributed by atoms with Gasteiger partial charge in [0.1, 0.15) is 11.4 Å². The van der Waals surface area contributed by atoms with Gasteiger partial charge in [-0.25, -0.2) is 0 Å². The highest BCUT2D eigenvalue weighted by Gasteiger charge is 2.14. The highest BCUT2D eigenvalue weighted by atomic mass is 35.5. The maximum atomic E-state index is 12.6. The van der Waals surface area contributed by atoms with Crippen LogP contribution in [0, 0.1) is 0 Å². The number of aromatic nitrogens is 1. The monoisotopic (exact) mass is 507 g/mol. The van der Waals surface area contributed by atoms with Crippen molar-refractivity contribution in [3.8, 4) is 5.75 Å². The lowest BCUT2D eigenvalue weighted by Crippen LogP contribution is -2.32. The van der Waals surface area contributed by atoms with Crippen molar-refractivity contribution < 1.29 is 20.1 Å². The normalized spacial score (nSPS) is 13.0. The van der Waals surface area contributed by atoms with Gasteiger partial charge in [0.05, 0.1) is 12.7 Å². The topological polar surface area (TPSA) is 118 Å². The van der Waals surface area contributed by atoms with E-state index >= 15 is 0 Å². The number of nitrogens with one attached hydrogen (secondary N) is 3. The van der Waals surface area contributed by atoms with Crippen molar-refractivity contribution in [2.45, 2.75) is 38.6 Å². The molecule has 8 heteroatoms. The number of aromatic hydroxyl groups is 1. The van der Waals surface area contributed by atoms with Gasteiger partial charge in [0.2, 0.25) is 0 Å². The number of phenols is 1. The molecule has 1 amide bonds. The first-order valence-electron chi connectivity index (χ1n) is 11.8. The number of rotatable bonds is 10. The summed E-state index contributed by atoms with van der Waals surface area (Å²) >= 11 is 6.17. The molecule has 4 aromatic rings. The number of aliphatic hydroxyl groups excluding tert-OH is 2. The minimum absolute atomic E-state index is 0.0103. The largest absolute Gasteiger partial charge is 0.508 e. The molecule has 1 heterocycles. The average molecular weight is 508 g/mol. The number of carbonyl (C=O) groups excluding carboxylic acids is 1. The number of amides is 1. The van der Waals surface area contributed by atoms with E-state index < -0.39 is 6.10 Å². The number of aromatic amines is 1. The molecule has 0 aliphatic carbocycles. The third-order valence-corrected chi connectivity index (χ3v) is 6.56. The van der Waals surface area contributed by atoms with Gasteiger partial charge in [0, 0.05) is 40.6 Å². The van der Waals surface area contributed by atoms with Gasteiger partial charge in [0.25, 0.3) is 5.91 Å². The predicted octanol–water partition coefficient (Wildman–Crippen LogP) is 4.20. The molecule has 3 aromatic carbocycles. The maximum absolute atomic E-state index is 12.6. The van der Waals surface area contributed by atoms with E-state index in [-0.39, 0.29) is 24.3 Å². The van der Waals surface area contributed by atoms with Crippen LogP contribution in [0.15, 0.2) is 66.7 Å². The Morgan fingerprint density at radius 3 is 2.64 bits per heavy atom. The van der Waals surface area contributed by atoms with Crippen molar-refractivity contribution in [2.24, 2.45) is 0 Å². The molecule has 0 aliphatic rings. The Labute approximate surface area is 214 Å². The summed E-state index contributed by atoms with van der Waals surface area (Å²) in [5.41, 5.74) is 4.34. The summed E-state index contributed by atoms with van der Waals surface area (Å²) in [4.78, 5) is 15.8. The minimum Gasteiger partial charge on any atom is -0.508 e. The Kier molecular flexibility index (Phi) is 8.28. The van der Waals surface area contributed by atoms with Crippen molar-refractivity contribution in [1.82, 2.24) is 15.6 Å². The van der Waals surface area contributed by atoms with Crippen molar-refractivity contribution >= 4 is 28.4 Å². The molecule has 6 N–H and O–H groups in total. The number of carbonyl (C=O) groups is 1. The molecular formula is C28H30ClN3O4. The Morgan fingerprint density at radius 1 is 1.06 bits per heavy atom. The number of benzene rings is 3. The Balaban J connectivity index is 1.33.